The molecule has 0 fully saturated rings. The van der Waals surface area contributed by atoms with Gasteiger partial charge >= 0.3 is 0 Å². The summed E-state index contributed by atoms with van der Waals surface area (Å²) in [4.78, 5) is 22.3. The highest BCUT2D eigenvalue weighted by molar-refractivity contribution is 6.30. The van der Waals surface area contributed by atoms with Gasteiger partial charge in [0.05, 0.1) is 10.5 Å². The van der Waals surface area contributed by atoms with Gasteiger partial charge in [0.2, 0.25) is 5.43 Å². The second-order valence-corrected chi connectivity index (χ2v) is 5.98. The Morgan fingerprint density at radius 2 is 1.81 bits per heavy atom. The molecule has 7 heteroatoms. The zero-order chi connectivity index (χ0) is 15.8. The van der Waals surface area contributed by atoms with E-state index < -0.39 is 10.4 Å². The van der Waals surface area contributed by atoms with Crippen LogP contribution in [-0.2, 0) is 5.54 Å². The number of benzene rings is 1. The molecule has 1 heterocycles. The molecule has 1 aromatic heterocycles. The molecule has 0 atom stereocenters. The second-order valence-electron chi connectivity index (χ2n) is 5.57. The smallest absolute Gasteiger partial charge is 0.269 e. The van der Waals surface area contributed by atoms with Gasteiger partial charge in [0.1, 0.15) is 10.7 Å². The number of rotatable bonds is 2. The molecular formula is C14H14ClN3O3. The van der Waals surface area contributed by atoms with E-state index in [-0.39, 0.29) is 21.9 Å². The fourth-order valence-electron chi connectivity index (χ4n) is 1.73. The Morgan fingerprint density at radius 1 is 1.24 bits per heavy atom. The summed E-state index contributed by atoms with van der Waals surface area (Å²) >= 11 is 5.98. The normalized spacial score (nSPS) is 11.4. The van der Waals surface area contributed by atoms with E-state index in [1.807, 2.05) is 20.8 Å². The molecule has 0 radical (unpaired) electrons. The molecule has 0 N–H and O–H groups in total. The molecule has 0 aliphatic carbocycles. The van der Waals surface area contributed by atoms with Gasteiger partial charge < -0.3 is 0 Å². The van der Waals surface area contributed by atoms with Crippen molar-refractivity contribution >= 4 is 17.3 Å². The van der Waals surface area contributed by atoms with Crippen LogP contribution in [0.4, 0.5) is 5.69 Å². The summed E-state index contributed by atoms with van der Waals surface area (Å²) in [5.74, 6) is 0. The molecule has 0 bridgehead atoms. The fourth-order valence-corrected chi connectivity index (χ4v) is 1.92. The van der Waals surface area contributed by atoms with Crippen LogP contribution in [0.5, 0.6) is 0 Å². The molecule has 1 aromatic carbocycles. The van der Waals surface area contributed by atoms with E-state index in [4.69, 9.17) is 11.6 Å². The Labute approximate surface area is 126 Å². The summed E-state index contributed by atoms with van der Waals surface area (Å²) in [6.07, 6.45) is 1.48. The number of hydrogen-bond donors (Lipinski definition) is 0. The minimum Gasteiger partial charge on any atom is -0.286 e. The van der Waals surface area contributed by atoms with Crippen LogP contribution in [0, 0.1) is 10.1 Å². The van der Waals surface area contributed by atoms with Crippen molar-refractivity contribution in [2.75, 3.05) is 0 Å². The maximum Gasteiger partial charge on any atom is 0.269 e. The predicted molar refractivity (Wildman–Crippen MR) is 80.6 cm³/mol. The lowest BCUT2D eigenvalue weighted by Crippen LogP contribution is -2.27. The minimum atomic E-state index is -0.497. The zero-order valence-corrected chi connectivity index (χ0v) is 12.6. The van der Waals surface area contributed by atoms with Crippen molar-refractivity contribution < 1.29 is 4.92 Å². The van der Waals surface area contributed by atoms with Crippen molar-refractivity contribution in [1.29, 1.82) is 0 Å². The van der Waals surface area contributed by atoms with Crippen molar-refractivity contribution in [1.82, 2.24) is 9.78 Å². The van der Waals surface area contributed by atoms with Gasteiger partial charge in [-0.3, -0.25) is 19.6 Å². The maximum absolute atomic E-state index is 12.1. The SMILES string of the molecule is CC(C)(C)n1cc(Cl)c(=O)c(-c2ccc([N+](=O)[O-])cc2)n1. The Morgan fingerprint density at radius 3 is 2.29 bits per heavy atom. The molecule has 0 saturated heterocycles. The summed E-state index contributed by atoms with van der Waals surface area (Å²) in [5, 5.41) is 15.0. The van der Waals surface area contributed by atoms with E-state index in [9.17, 15) is 14.9 Å². The first-order valence-corrected chi connectivity index (χ1v) is 6.63. The second kappa shape index (κ2) is 5.29. The van der Waals surface area contributed by atoms with Crippen LogP contribution in [0.15, 0.2) is 35.3 Å². The first-order chi connectivity index (χ1) is 9.70. The minimum absolute atomic E-state index is 0.0445. The van der Waals surface area contributed by atoms with Crippen molar-refractivity contribution in [2.24, 2.45) is 0 Å². The summed E-state index contributed by atoms with van der Waals surface area (Å²) in [6, 6.07) is 5.65. The molecule has 0 saturated carbocycles. The van der Waals surface area contributed by atoms with E-state index in [1.165, 1.54) is 30.5 Å². The van der Waals surface area contributed by atoms with Gasteiger partial charge in [0, 0.05) is 23.9 Å². The largest absolute Gasteiger partial charge is 0.286 e. The first kappa shape index (κ1) is 15.2. The first-order valence-electron chi connectivity index (χ1n) is 6.25. The van der Waals surface area contributed by atoms with Gasteiger partial charge in [-0.1, -0.05) is 11.6 Å². The Balaban J connectivity index is 2.60. The Bertz CT molecular complexity index is 746. The number of halogens is 1. The quantitative estimate of drug-likeness (QED) is 0.630. The van der Waals surface area contributed by atoms with E-state index in [2.05, 4.69) is 5.10 Å². The third-order valence-electron chi connectivity index (χ3n) is 2.91. The van der Waals surface area contributed by atoms with E-state index in [0.29, 0.717) is 5.56 Å². The lowest BCUT2D eigenvalue weighted by molar-refractivity contribution is -0.384. The molecular weight excluding hydrogens is 294 g/mol. The standard InChI is InChI=1S/C14H14ClN3O3/c1-14(2,3)17-8-11(15)13(19)12(16-17)9-4-6-10(7-5-9)18(20)21/h4-8H,1-3H3. The summed E-state index contributed by atoms with van der Waals surface area (Å²) in [7, 11) is 0. The van der Waals surface area contributed by atoms with Gasteiger partial charge in [0.25, 0.3) is 5.69 Å². The molecule has 0 aliphatic rings. The van der Waals surface area contributed by atoms with Crippen LogP contribution in [0.3, 0.4) is 0 Å². The topological polar surface area (TPSA) is 78.0 Å². The van der Waals surface area contributed by atoms with Crippen molar-refractivity contribution in [3.63, 3.8) is 0 Å². The van der Waals surface area contributed by atoms with Gasteiger partial charge in [-0.15, -0.1) is 0 Å². The fraction of sp³-hybridized carbons (Fsp3) is 0.286. The molecule has 0 amide bonds. The van der Waals surface area contributed by atoms with Gasteiger partial charge in [-0.25, -0.2) is 0 Å². The number of nitro benzene ring substituents is 1. The van der Waals surface area contributed by atoms with Gasteiger partial charge in [-0.2, -0.15) is 5.10 Å². The molecule has 0 unspecified atom stereocenters. The highest BCUT2D eigenvalue weighted by atomic mass is 35.5. The molecule has 2 aromatic rings. The summed E-state index contributed by atoms with van der Waals surface area (Å²) in [6.45, 7) is 5.79. The van der Waals surface area contributed by atoms with Crippen molar-refractivity contribution in [3.8, 4) is 11.3 Å². The molecule has 21 heavy (non-hydrogen) atoms. The average molecular weight is 308 g/mol. The lowest BCUT2D eigenvalue weighted by atomic mass is 10.1. The maximum atomic E-state index is 12.1. The lowest BCUT2D eigenvalue weighted by Gasteiger charge is -2.22. The van der Waals surface area contributed by atoms with Crippen LogP contribution < -0.4 is 5.43 Å². The van der Waals surface area contributed by atoms with Crippen LogP contribution in [0.25, 0.3) is 11.3 Å². The summed E-state index contributed by atoms with van der Waals surface area (Å²) < 4.78 is 1.60. The molecule has 110 valence electrons. The number of nitro groups is 1. The molecule has 0 spiro atoms. The van der Waals surface area contributed by atoms with Crippen molar-refractivity contribution in [3.05, 3.63) is 55.8 Å². The van der Waals surface area contributed by atoms with Gasteiger partial charge in [-0.05, 0) is 32.9 Å². The highest BCUT2D eigenvalue weighted by Gasteiger charge is 2.18. The highest BCUT2D eigenvalue weighted by Crippen LogP contribution is 2.21. The zero-order valence-electron chi connectivity index (χ0n) is 11.8. The van der Waals surface area contributed by atoms with Crippen LogP contribution in [0.1, 0.15) is 20.8 Å². The number of hydrogen-bond acceptors (Lipinski definition) is 4. The van der Waals surface area contributed by atoms with E-state index in [1.54, 1.807) is 4.68 Å². The van der Waals surface area contributed by atoms with Gasteiger partial charge in [0.15, 0.2) is 0 Å². The molecule has 2 rings (SSSR count). The van der Waals surface area contributed by atoms with Crippen LogP contribution >= 0.6 is 11.6 Å². The Hall–Kier alpha value is -2.21. The van der Waals surface area contributed by atoms with Crippen LogP contribution in [0.2, 0.25) is 5.02 Å². The molecule has 0 aliphatic heterocycles. The average Bonchev–Trinajstić information content (AvgIpc) is 2.40. The van der Waals surface area contributed by atoms with E-state index >= 15 is 0 Å². The Kier molecular flexibility index (Phi) is 3.82. The molecule has 6 nitrogen and oxygen atoms in total. The number of nitrogens with zero attached hydrogens (tertiary/aromatic N) is 3. The predicted octanol–water partition coefficient (Wildman–Crippen LogP) is 3.23. The number of aromatic nitrogens is 2. The van der Waals surface area contributed by atoms with E-state index in [0.717, 1.165) is 0 Å². The van der Waals surface area contributed by atoms with Crippen molar-refractivity contribution in [2.45, 2.75) is 26.3 Å². The summed E-state index contributed by atoms with van der Waals surface area (Å²) in [5.41, 5.74) is -0.117. The third kappa shape index (κ3) is 3.11. The monoisotopic (exact) mass is 307 g/mol. The van der Waals surface area contributed by atoms with Crippen LogP contribution in [-0.4, -0.2) is 14.7 Å². The number of non-ortho nitro benzene ring substituents is 1. The third-order valence-corrected chi connectivity index (χ3v) is 3.18.